The second-order valence-corrected chi connectivity index (χ2v) is 11.2. The third-order valence-corrected chi connectivity index (χ3v) is 8.31. The van der Waals surface area contributed by atoms with Gasteiger partial charge in [0.05, 0.1) is 35.6 Å². The third-order valence-electron chi connectivity index (χ3n) is 7.33. The van der Waals surface area contributed by atoms with E-state index in [0.717, 1.165) is 33.9 Å². The summed E-state index contributed by atoms with van der Waals surface area (Å²) < 4.78 is 15.1. The SMILES string of the molecule is CCOC(=O)C1=C(C)N=c2s/c(=C/c3cc(C)n(-c4ccc(N(C)C)cc4)c3C)c(=O)n2[C@@H]1c1ccc(OC)cc1. The number of carbonyl (C=O) groups excluding carboxylic acids is 1. The molecule has 1 aliphatic rings. The number of thiazole rings is 1. The van der Waals surface area contributed by atoms with Crippen LogP contribution in [0.4, 0.5) is 5.69 Å². The average molecular weight is 571 g/mol. The van der Waals surface area contributed by atoms with Crippen molar-refractivity contribution in [2.75, 3.05) is 32.7 Å². The molecule has 41 heavy (non-hydrogen) atoms. The predicted octanol–water partition coefficient (Wildman–Crippen LogP) is 4.28. The van der Waals surface area contributed by atoms with Crippen molar-refractivity contribution < 1.29 is 14.3 Å². The van der Waals surface area contributed by atoms with Gasteiger partial charge in [-0.2, -0.15) is 0 Å². The summed E-state index contributed by atoms with van der Waals surface area (Å²) in [4.78, 5) is 34.4. The van der Waals surface area contributed by atoms with Gasteiger partial charge in [0.25, 0.3) is 5.56 Å². The monoisotopic (exact) mass is 570 g/mol. The van der Waals surface area contributed by atoms with Gasteiger partial charge in [-0.1, -0.05) is 23.5 Å². The third kappa shape index (κ3) is 5.13. The van der Waals surface area contributed by atoms with Crippen molar-refractivity contribution in [3.63, 3.8) is 0 Å². The molecule has 1 atom stereocenters. The number of hydrogen-bond acceptors (Lipinski definition) is 7. The van der Waals surface area contributed by atoms with Crippen molar-refractivity contribution in [1.29, 1.82) is 0 Å². The van der Waals surface area contributed by atoms with Crippen molar-refractivity contribution in [3.8, 4) is 11.4 Å². The standard InChI is InChI=1S/C32H34N4O4S/c1-8-40-31(38)28-20(3)33-32-36(29(28)22-9-15-26(39-7)16-10-22)30(37)27(41-32)18-23-17-19(2)35(21(23)4)25-13-11-24(12-14-25)34(5)6/h9-18,29H,8H2,1-7H3/b27-18+/t29-/m1/s1. The predicted molar refractivity (Wildman–Crippen MR) is 163 cm³/mol. The molecule has 2 aromatic heterocycles. The highest BCUT2D eigenvalue weighted by atomic mass is 32.1. The molecule has 0 saturated carbocycles. The van der Waals surface area contributed by atoms with E-state index in [9.17, 15) is 9.59 Å². The molecule has 2 aromatic carbocycles. The highest BCUT2D eigenvalue weighted by molar-refractivity contribution is 7.07. The Labute approximate surface area is 243 Å². The summed E-state index contributed by atoms with van der Waals surface area (Å²) in [6.45, 7) is 7.89. The van der Waals surface area contributed by atoms with Gasteiger partial charge in [-0.15, -0.1) is 0 Å². The summed E-state index contributed by atoms with van der Waals surface area (Å²) in [5.41, 5.74) is 6.69. The van der Waals surface area contributed by atoms with Gasteiger partial charge in [0, 0.05) is 36.9 Å². The summed E-state index contributed by atoms with van der Waals surface area (Å²) in [6.07, 6.45) is 1.92. The van der Waals surface area contributed by atoms with Crippen LogP contribution in [-0.4, -0.2) is 42.9 Å². The Hall–Kier alpha value is -4.37. The van der Waals surface area contributed by atoms with Gasteiger partial charge >= 0.3 is 5.97 Å². The van der Waals surface area contributed by atoms with Crippen LogP contribution in [0.1, 0.15) is 42.4 Å². The Morgan fingerprint density at radius 2 is 1.76 bits per heavy atom. The first-order valence-corrected chi connectivity index (χ1v) is 14.3. The van der Waals surface area contributed by atoms with Crippen LogP contribution in [0.25, 0.3) is 11.8 Å². The molecule has 0 bridgehead atoms. The Bertz CT molecular complexity index is 1820. The first kappa shape index (κ1) is 28.2. The van der Waals surface area contributed by atoms with Crippen molar-refractivity contribution >= 4 is 29.1 Å². The quantitative estimate of drug-likeness (QED) is 0.310. The first-order chi connectivity index (χ1) is 19.6. The zero-order chi connectivity index (χ0) is 29.4. The number of methoxy groups -OCH3 is 1. The van der Waals surface area contributed by atoms with Crippen LogP contribution in [0.15, 0.2) is 75.7 Å². The van der Waals surface area contributed by atoms with Crippen molar-refractivity contribution in [2.45, 2.75) is 33.7 Å². The van der Waals surface area contributed by atoms with Crippen LogP contribution in [0.3, 0.4) is 0 Å². The number of rotatable bonds is 7. The second-order valence-electron chi connectivity index (χ2n) is 10.1. The molecule has 0 amide bonds. The van der Waals surface area contributed by atoms with Gasteiger partial charge in [-0.05, 0) is 87.4 Å². The number of nitrogens with zero attached hydrogens (tertiary/aromatic N) is 4. The Morgan fingerprint density at radius 3 is 2.37 bits per heavy atom. The van der Waals surface area contributed by atoms with Gasteiger partial charge in [0.15, 0.2) is 4.80 Å². The van der Waals surface area contributed by atoms with E-state index in [4.69, 9.17) is 9.47 Å². The van der Waals surface area contributed by atoms with Crippen LogP contribution in [0, 0.1) is 13.8 Å². The average Bonchev–Trinajstić information content (AvgIpc) is 3.41. The van der Waals surface area contributed by atoms with Gasteiger partial charge in [0.2, 0.25) is 0 Å². The molecule has 9 heteroatoms. The van der Waals surface area contributed by atoms with Crippen molar-refractivity contribution in [3.05, 3.63) is 108 Å². The largest absolute Gasteiger partial charge is 0.497 e. The molecule has 3 heterocycles. The van der Waals surface area contributed by atoms with E-state index in [0.29, 0.717) is 26.4 Å². The summed E-state index contributed by atoms with van der Waals surface area (Å²) in [6, 6.07) is 17.2. The van der Waals surface area contributed by atoms with E-state index in [1.54, 1.807) is 25.5 Å². The highest BCUT2D eigenvalue weighted by Crippen LogP contribution is 2.31. The molecule has 0 N–H and O–H groups in total. The molecule has 5 rings (SSSR count). The Balaban J connectivity index is 1.65. The van der Waals surface area contributed by atoms with Crippen molar-refractivity contribution in [2.24, 2.45) is 4.99 Å². The zero-order valence-corrected chi connectivity index (χ0v) is 25.2. The van der Waals surface area contributed by atoms with E-state index in [2.05, 4.69) is 58.6 Å². The Kier molecular flexibility index (Phi) is 7.73. The number of hydrogen-bond donors (Lipinski definition) is 0. The lowest BCUT2D eigenvalue weighted by Gasteiger charge is -2.24. The normalized spacial score (nSPS) is 15.0. The molecular weight excluding hydrogens is 536 g/mol. The number of benzene rings is 2. The van der Waals surface area contributed by atoms with Crippen LogP contribution in [0.2, 0.25) is 0 Å². The fourth-order valence-electron chi connectivity index (χ4n) is 5.27. The van der Waals surface area contributed by atoms with E-state index in [-0.39, 0.29) is 12.2 Å². The van der Waals surface area contributed by atoms with Crippen LogP contribution >= 0.6 is 11.3 Å². The lowest BCUT2D eigenvalue weighted by molar-refractivity contribution is -0.139. The maximum Gasteiger partial charge on any atom is 0.338 e. The summed E-state index contributed by atoms with van der Waals surface area (Å²) in [5.74, 6) is 0.207. The summed E-state index contributed by atoms with van der Waals surface area (Å²) >= 11 is 1.32. The second kappa shape index (κ2) is 11.2. The number of esters is 1. The molecule has 0 fully saturated rings. The number of ether oxygens (including phenoxy) is 2. The molecular formula is C32H34N4O4S. The van der Waals surface area contributed by atoms with E-state index >= 15 is 0 Å². The highest BCUT2D eigenvalue weighted by Gasteiger charge is 2.33. The molecule has 212 valence electrons. The number of anilines is 1. The van der Waals surface area contributed by atoms with Gasteiger partial charge in [-0.25, -0.2) is 9.79 Å². The maximum atomic E-state index is 14.0. The minimum Gasteiger partial charge on any atom is -0.497 e. The smallest absolute Gasteiger partial charge is 0.338 e. The Morgan fingerprint density at radius 1 is 1.07 bits per heavy atom. The molecule has 0 saturated heterocycles. The molecule has 0 unspecified atom stereocenters. The van der Waals surface area contributed by atoms with Crippen molar-refractivity contribution in [1.82, 2.24) is 9.13 Å². The van der Waals surface area contributed by atoms with Gasteiger partial charge in [-0.3, -0.25) is 9.36 Å². The number of fused-ring (bicyclic) bond motifs is 1. The van der Waals surface area contributed by atoms with E-state index < -0.39 is 12.0 Å². The molecule has 8 nitrogen and oxygen atoms in total. The summed E-state index contributed by atoms with van der Waals surface area (Å²) in [5, 5.41) is 0. The fourth-order valence-corrected chi connectivity index (χ4v) is 6.30. The lowest BCUT2D eigenvalue weighted by atomic mass is 9.96. The molecule has 0 aliphatic carbocycles. The lowest BCUT2D eigenvalue weighted by Crippen LogP contribution is -2.39. The maximum absolute atomic E-state index is 14.0. The minimum absolute atomic E-state index is 0.205. The summed E-state index contributed by atoms with van der Waals surface area (Å²) in [7, 11) is 5.64. The molecule has 4 aromatic rings. The van der Waals surface area contributed by atoms with E-state index in [1.165, 1.54) is 11.3 Å². The molecule has 0 radical (unpaired) electrons. The number of aryl methyl sites for hydroxylation is 1. The first-order valence-electron chi connectivity index (χ1n) is 13.4. The van der Waals surface area contributed by atoms with Gasteiger partial charge in [0.1, 0.15) is 5.75 Å². The zero-order valence-electron chi connectivity index (χ0n) is 24.4. The number of allylic oxidation sites excluding steroid dienone is 1. The molecule has 0 spiro atoms. The van der Waals surface area contributed by atoms with Crippen LogP contribution in [-0.2, 0) is 9.53 Å². The van der Waals surface area contributed by atoms with Crippen LogP contribution < -0.4 is 24.5 Å². The van der Waals surface area contributed by atoms with Gasteiger partial charge < -0.3 is 18.9 Å². The minimum atomic E-state index is -0.666. The molecule has 1 aliphatic heterocycles. The van der Waals surface area contributed by atoms with E-state index in [1.807, 2.05) is 44.4 Å². The number of aromatic nitrogens is 2. The van der Waals surface area contributed by atoms with Crippen LogP contribution in [0.5, 0.6) is 5.75 Å². The fraction of sp³-hybridized carbons (Fsp3) is 0.281. The topological polar surface area (TPSA) is 78.1 Å². The number of carbonyl (C=O) groups is 1.